The molecule has 0 bridgehead atoms. The number of allylic oxidation sites excluding steroid dienone is 1. The molecular weight excluding hydrogens is 158 g/mol. The Morgan fingerprint density at radius 3 is 2.25 bits per heavy atom. The molecule has 0 fully saturated rings. The van der Waals surface area contributed by atoms with E-state index in [1.165, 1.54) is 18.2 Å². The Hall–Kier alpha value is -1.18. The molecule has 0 aromatic heterocycles. The van der Waals surface area contributed by atoms with Crippen LogP contribution in [0.2, 0.25) is 0 Å². The van der Waals surface area contributed by atoms with Gasteiger partial charge in [0.2, 0.25) is 0 Å². The van der Waals surface area contributed by atoms with E-state index in [9.17, 15) is 8.78 Å². The Balaban J connectivity index is 3.21. The summed E-state index contributed by atoms with van der Waals surface area (Å²) in [5, 5.41) is 0. The molecule has 0 N–H and O–H groups in total. The average Bonchev–Trinajstić information content (AvgIpc) is 2.03. The lowest BCUT2D eigenvalue weighted by atomic mass is 10.0. The van der Waals surface area contributed by atoms with Crippen molar-refractivity contribution in [2.45, 2.75) is 13.3 Å². The summed E-state index contributed by atoms with van der Waals surface area (Å²) in [6.45, 7) is 5.40. The molecule has 0 unspecified atom stereocenters. The molecule has 0 aliphatic carbocycles. The highest BCUT2D eigenvalue weighted by molar-refractivity contribution is 5.63. The Bertz CT molecular complexity index is 282. The van der Waals surface area contributed by atoms with Crippen molar-refractivity contribution in [3.63, 3.8) is 0 Å². The molecular formula is C10H10F2. The fourth-order valence-electron chi connectivity index (χ4n) is 1.01. The van der Waals surface area contributed by atoms with Gasteiger partial charge in [0.15, 0.2) is 0 Å². The van der Waals surface area contributed by atoms with E-state index < -0.39 is 11.6 Å². The summed E-state index contributed by atoms with van der Waals surface area (Å²) in [6, 6.07) is 3.82. The molecule has 0 saturated heterocycles. The Kier molecular flexibility index (Phi) is 2.58. The van der Waals surface area contributed by atoms with Gasteiger partial charge < -0.3 is 0 Å². The summed E-state index contributed by atoms with van der Waals surface area (Å²) >= 11 is 0. The van der Waals surface area contributed by atoms with Gasteiger partial charge in [-0.1, -0.05) is 19.6 Å². The molecule has 2 heteroatoms. The van der Waals surface area contributed by atoms with E-state index in [0.29, 0.717) is 12.0 Å². The lowest BCUT2D eigenvalue weighted by Gasteiger charge is -2.04. The molecule has 12 heavy (non-hydrogen) atoms. The first kappa shape index (κ1) is 8.91. The Labute approximate surface area is 70.5 Å². The fraction of sp³-hybridized carbons (Fsp3) is 0.200. The Morgan fingerprint density at radius 1 is 1.33 bits per heavy atom. The molecule has 0 atom stereocenters. The number of benzene rings is 1. The molecule has 0 aliphatic rings. The molecule has 0 spiro atoms. The predicted octanol–water partition coefficient (Wildman–Crippen LogP) is 3.39. The van der Waals surface area contributed by atoms with Gasteiger partial charge in [-0.05, 0) is 24.1 Å². The lowest BCUT2D eigenvalue weighted by Crippen LogP contribution is -1.92. The molecule has 0 saturated carbocycles. The number of hydrogen-bond donors (Lipinski definition) is 0. The molecule has 0 aliphatic heterocycles. The van der Waals surface area contributed by atoms with Gasteiger partial charge in [0.05, 0.1) is 0 Å². The second-order valence-corrected chi connectivity index (χ2v) is 2.55. The first-order valence-electron chi connectivity index (χ1n) is 3.79. The van der Waals surface area contributed by atoms with Crippen LogP contribution in [0.4, 0.5) is 8.78 Å². The molecule has 1 aromatic carbocycles. The van der Waals surface area contributed by atoms with Gasteiger partial charge in [-0.15, -0.1) is 0 Å². The van der Waals surface area contributed by atoms with Crippen molar-refractivity contribution in [3.8, 4) is 0 Å². The van der Waals surface area contributed by atoms with Crippen molar-refractivity contribution < 1.29 is 8.78 Å². The second-order valence-electron chi connectivity index (χ2n) is 2.55. The maximum Gasteiger partial charge on any atom is 0.133 e. The third-order valence-corrected chi connectivity index (χ3v) is 1.74. The molecule has 64 valence electrons. The van der Waals surface area contributed by atoms with Crippen molar-refractivity contribution in [1.82, 2.24) is 0 Å². The summed E-state index contributed by atoms with van der Waals surface area (Å²) in [6.07, 6.45) is 0.553. The summed E-state index contributed by atoms with van der Waals surface area (Å²) in [7, 11) is 0. The van der Waals surface area contributed by atoms with Gasteiger partial charge in [-0.2, -0.15) is 0 Å². The standard InChI is InChI=1S/C10H10F2/c1-3-7(2)10-8(11)5-4-6-9(10)12/h4-6H,2-3H2,1H3. The van der Waals surface area contributed by atoms with Crippen LogP contribution in [0.1, 0.15) is 18.9 Å². The first-order valence-corrected chi connectivity index (χ1v) is 3.79. The summed E-state index contributed by atoms with van der Waals surface area (Å²) in [4.78, 5) is 0. The summed E-state index contributed by atoms with van der Waals surface area (Å²) in [5.41, 5.74) is 0.505. The molecule has 1 rings (SSSR count). The molecule has 0 heterocycles. The van der Waals surface area contributed by atoms with E-state index in [1.807, 2.05) is 6.92 Å². The maximum absolute atomic E-state index is 13.0. The van der Waals surface area contributed by atoms with Crippen LogP contribution in [-0.2, 0) is 0 Å². The van der Waals surface area contributed by atoms with Crippen LogP contribution < -0.4 is 0 Å². The number of rotatable bonds is 2. The topological polar surface area (TPSA) is 0 Å². The maximum atomic E-state index is 13.0. The minimum Gasteiger partial charge on any atom is -0.206 e. The zero-order valence-corrected chi connectivity index (χ0v) is 6.90. The van der Waals surface area contributed by atoms with E-state index in [2.05, 4.69) is 6.58 Å². The Morgan fingerprint density at radius 2 is 1.83 bits per heavy atom. The first-order chi connectivity index (χ1) is 5.66. The largest absolute Gasteiger partial charge is 0.206 e. The van der Waals surface area contributed by atoms with E-state index in [4.69, 9.17) is 0 Å². The van der Waals surface area contributed by atoms with E-state index in [0.717, 1.165) is 0 Å². The molecule has 0 radical (unpaired) electrons. The van der Waals surface area contributed by atoms with Gasteiger partial charge in [0, 0.05) is 5.56 Å². The van der Waals surface area contributed by atoms with Gasteiger partial charge in [-0.3, -0.25) is 0 Å². The highest BCUT2D eigenvalue weighted by Gasteiger charge is 2.09. The zero-order valence-electron chi connectivity index (χ0n) is 6.90. The number of hydrogen-bond acceptors (Lipinski definition) is 0. The monoisotopic (exact) mass is 168 g/mol. The van der Waals surface area contributed by atoms with E-state index in [-0.39, 0.29) is 5.56 Å². The van der Waals surface area contributed by atoms with Crippen LogP contribution in [0.3, 0.4) is 0 Å². The van der Waals surface area contributed by atoms with Crippen molar-refractivity contribution in [3.05, 3.63) is 42.0 Å². The third kappa shape index (κ3) is 1.52. The van der Waals surface area contributed by atoms with Crippen LogP contribution in [0, 0.1) is 11.6 Å². The van der Waals surface area contributed by atoms with Gasteiger partial charge in [0.1, 0.15) is 11.6 Å². The quantitative estimate of drug-likeness (QED) is 0.635. The predicted molar refractivity (Wildman–Crippen MR) is 45.7 cm³/mol. The lowest BCUT2D eigenvalue weighted by molar-refractivity contribution is 0.576. The summed E-state index contributed by atoms with van der Waals surface area (Å²) < 4.78 is 26.0. The summed E-state index contributed by atoms with van der Waals surface area (Å²) in [5.74, 6) is -1.08. The van der Waals surface area contributed by atoms with Gasteiger partial charge in [0.25, 0.3) is 0 Å². The normalized spacial score (nSPS) is 9.92. The van der Waals surface area contributed by atoms with Crippen LogP contribution in [-0.4, -0.2) is 0 Å². The number of halogens is 2. The van der Waals surface area contributed by atoms with Gasteiger partial charge in [-0.25, -0.2) is 8.78 Å². The average molecular weight is 168 g/mol. The van der Waals surface area contributed by atoms with Crippen LogP contribution >= 0.6 is 0 Å². The van der Waals surface area contributed by atoms with Crippen molar-refractivity contribution >= 4 is 5.57 Å². The van der Waals surface area contributed by atoms with Crippen molar-refractivity contribution in [1.29, 1.82) is 0 Å². The second kappa shape index (κ2) is 3.48. The highest BCUT2D eigenvalue weighted by atomic mass is 19.1. The van der Waals surface area contributed by atoms with Crippen molar-refractivity contribution in [2.75, 3.05) is 0 Å². The molecule has 0 amide bonds. The van der Waals surface area contributed by atoms with Crippen LogP contribution in [0.5, 0.6) is 0 Å². The highest BCUT2D eigenvalue weighted by Crippen LogP contribution is 2.22. The van der Waals surface area contributed by atoms with E-state index >= 15 is 0 Å². The minimum atomic E-state index is -0.540. The van der Waals surface area contributed by atoms with Crippen LogP contribution in [0.25, 0.3) is 5.57 Å². The van der Waals surface area contributed by atoms with Crippen molar-refractivity contribution in [2.24, 2.45) is 0 Å². The fourth-order valence-corrected chi connectivity index (χ4v) is 1.01. The zero-order chi connectivity index (χ0) is 9.14. The van der Waals surface area contributed by atoms with E-state index in [1.54, 1.807) is 0 Å². The molecule has 1 aromatic rings. The minimum absolute atomic E-state index is 0.0139. The van der Waals surface area contributed by atoms with Crippen LogP contribution in [0.15, 0.2) is 24.8 Å². The van der Waals surface area contributed by atoms with Gasteiger partial charge >= 0.3 is 0 Å². The smallest absolute Gasteiger partial charge is 0.133 e. The third-order valence-electron chi connectivity index (χ3n) is 1.74. The SMILES string of the molecule is C=C(CC)c1c(F)cccc1F. The molecule has 0 nitrogen and oxygen atoms in total.